The third-order valence-corrected chi connectivity index (χ3v) is 6.95. The highest BCUT2D eigenvalue weighted by atomic mass is 35.5. The second-order valence-corrected chi connectivity index (χ2v) is 8.06. The van der Waals surface area contributed by atoms with E-state index in [1.807, 2.05) is 0 Å². The second kappa shape index (κ2) is 6.93. The Morgan fingerprint density at radius 3 is 2.45 bits per heavy atom. The fraction of sp³-hybridized carbons (Fsp3) is 0.571. The molecule has 0 saturated heterocycles. The minimum atomic E-state index is -3.85. The van der Waals surface area contributed by atoms with Crippen LogP contribution >= 0.6 is 23.2 Å². The van der Waals surface area contributed by atoms with Crippen LogP contribution in [0.25, 0.3) is 0 Å². The Balaban J connectivity index is 2.40. The van der Waals surface area contributed by atoms with E-state index in [0.717, 1.165) is 12.8 Å². The van der Waals surface area contributed by atoms with Gasteiger partial charge in [-0.05, 0) is 25.0 Å². The van der Waals surface area contributed by atoms with Crippen molar-refractivity contribution in [1.82, 2.24) is 4.31 Å². The molecule has 0 heterocycles. The van der Waals surface area contributed by atoms with Crippen LogP contribution in [-0.4, -0.2) is 44.1 Å². The van der Waals surface area contributed by atoms with Gasteiger partial charge in [-0.3, -0.25) is 0 Å². The molecule has 124 valence electrons. The molecule has 2 rings (SSSR count). The molecule has 5 nitrogen and oxygen atoms in total. The van der Waals surface area contributed by atoms with Crippen LogP contribution in [0.15, 0.2) is 17.0 Å². The van der Waals surface area contributed by atoms with Gasteiger partial charge >= 0.3 is 0 Å². The first-order valence-electron chi connectivity index (χ1n) is 6.98. The molecular weight excluding hydrogens is 349 g/mol. The van der Waals surface area contributed by atoms with Crippen molar-refractivity contribution in [2.24, 2.45) is 0 Å². The number of halogens is 2. The van der Waals surface area contributed by atoms with Crippen molar-refractivity contribution in [2.45, 2.75) is 42.7 Å². The van der Waals surface area contributed by atoms with Crippen molar-refractivity contribution in [2.75, 3.05) is 14.2 Å². The van der Waals surface area contributed by atoms with E-state index in [1.165, 1.54) is 30.6 Å². The van der Waals surface area contributed by atoms with Crippen LogP contribution in [0, 0.1) is 0 Å². The largest absolute Gasteiger partial charge is 0.495 e. The van der Waals surface area contributed by atoms with Crippen molar-refractivity contribution < 1.29 is 18.3 Å². The highest BCUT2D eigenvalue weighted by Gasteiger charge is 2.35. The zero-order valence-corrected chi connectivity index (χ0v) is 14.7. The number of ether oxygens (including phenoxy) is 1. The topological polar surface area (TPSA) is 66.8 Å². The van der Waals surface area contributed by atoms with Crippen LogP contribution in [0.3, 0.4) is 0 Å². The SMILES string of the molecule is COc1ccc(S(=O)(=O)N(C)[C@@H]2CCCC[C@@H]2O)c(Cl)c1Cl. The molecule has 1 aliphatic carbocycles. The third kappa shape index (κ3) is 3.21. The second-order valence-electron chi connectivity index (χ2n) is 5.33. The van der Waals surface area contributed by atoms with Crippen LogP contribution in [0.5, 0.6) is 5.75 Å². The predicted octanol–water partition coefficient (Wildman–Crippen LogP) is 2.93. The van der Waals surface area contributed by atoms with E-state index < -0.39 is 22.2 Å². The Morgan fingerprint density at radius 2 is 1.86 bits per heavy atom. The van der Waals surface area contributed by atoms with Gasteiger partial charge < -0.3 is 9.84 Å². The summed E-state index contributed by atoms with van der Waals surface area (Å²) in [6.45, 7) is 0. The molecule has 8 heteroatoms. The fourth-order valence-electron chi connectivity index (χ4n) is 2.72. The smallest absolute Gasteiger partial charge is 0.244 e. The molecule has 0 spiro atoms. The summed E-state index contributed by atoms with van der Waals surface area (Å²) in [5.41, 5.74) is 0. The minimum absolute atomic E-state index is 0.0582. The zero-order chi connectivity index (χ0) is 16.5. The zero-order valence-electron chi connectivity index (χ0n) is 12.4. The first-order valence-corrected chi connectivity index (χ1v) is 9.18. The molecule has 1 saturated carbocycles. The van der Waals surface area contributed by atoms with Gasteiger partial charge in [0.15, 0.2) is 0 Å². The van der Waals surface area contributed by atoms with Gasteiger partial charge in [0.1, 0.15) is 15.7 Å². The van der Waals surface area contributed by atoms with Gasteiger partial charge in [0.05, 0.1) is 24.3 Å². The third-order valence-electron chi connectivity index (χ3n) is 4.05. The Hall–Kier alpha value is -0.530. The van der Waals surface area contributed by atoms with Crippen molar-refractivity contribution in [3.63, 3.8) is 0 Å². The summed E-state index contributed by atoms with van der Waals surface area (Å²) in [7, 11) is -0.960. The average molecular weight is 368 g/mol. The molecule has 0 unspecified atom stereocenters. The first-order chi connectivity index (χ1) is 10.3. The summed E-state index contributed by atoms with van der Waals surface area (Å²) in [6.07, 6.45) is 2.35. The van der Waals surface area contributed by atoms with E-state index in [4.69, 9.17) is 27.9 Å². The molecule has 0 amide bonds. The maximum Gasteiger partial charge on any atom is 0.244 e. The number of aliphatic hydroxyl groups is 1. The molecular formula is C14H19Cl2NO4S. The van der Waals surface area contributed by atoms with E-state index in [2.05, 4.69) is 0 Å². The summed E-state index contributed by atoms with van der Waals surface area (Å²) in [4.78, 5) is -0.0831. The van der Waals surface area contributed by atoms with Crippen LogP contribution in [0.1, 0.15) is 25.7 Å². The summed E-state index contributed by atoms with van der Waals surface area (Å²) in [5, 5.41) is 10.1. The van der Waals surface area contributed by atoms with E-state index >= 15 is 0 Å². The molecule has 2 atom stereocenters. The molecule has 1 N–H and O–H groups in total. The van der Waals surface area contributed by atoms with Gasteiger partial charge in [0, 0.05) is 7.05 Å². The fourth-order valence-corrected chi connectivity index (χ4v) is 4.95. The van der Waals surface area contributed by atoms with Gasteiger partial charge in [0.2, 0.25) is 10.0 Å². The maximum absolute atomic E-state index is 12.8. The van der Waals surface area contributed by atoms with Crippen molar-refractivity contribution in [1.29, 1.82) is 0 Å². The van der Waals surface area contributed by atoms with Gasteiger partial charge in [-0.15, -0.1) is 0 Å². The first kappa shape index (κ1) is 17.8. The predicted molar refractivity (Wildman–Crippen MR) is 86.2 cm³/mol. The average Bonchev–Trinajstić information content (AvgIpc) is 2.49. The van der Waals surface area contributed by atoms with Gasteiger partial charge in [-0.2, -0.15) is 4.31 Å². The number of hydrogen-bond donors (Lipinski definition) is 1. The quantitative estimate of drug-likeness (QED) is 0.888. The molecule has 1 aliphatic rings. The lowest BCUT2D eigenvalue weighted by atomic mass is 9.93. The lowest BCUT2D eigenvalue weighted by Crippen LogP contribution is -2.46. The van der Waals surface area contributed by atoms with E-state index in [-0.39, 0.29) is 14.9 Å². The maximum atomic E-state index is 12.8. The Kier molecular flexibility index (Phi) is 5.61. The summed E-state index contributed by atoms with van der Waals surface area (Å²) in [5.74, 6) is 0.311. The molecule has 1 aromatic carbocycles. The summed E-state index contributed by atoms with van der Waals surface area (Å²) < 4.78 is 31.8. The van der Waals surface area contributed by atoms with Crippen LogP contribution < -0.4 is 4.74 Å². The lowest BCUT2D eigenvalue weighted by molar-refractivity contribution is 0.0638. The normalized spacial score (nSPS) is 22.8. The number of rotatable bonds is 4. The Labute approximate surface area is 140 Å². The summed E-state index contributed by atoms with van der Waals surface area (Å²) in [6, 6.07) is 2.39. The molecule has 1 fully saturated rings. The van der Waals surface area contributed by atoms with Crippen LogP contribution in [0.2, 0.25) is 10.0 Å². The highest BCUT2D eigenvalue weighted by molar-refractivity contribution is 7.89. The highest BCUT2D eigenvalue weighted by Crippen LogP contribution is 2.38. The number of methoxy groups -OCH3 is 1. The van der Waals surface area contributed by atoms with Gasteiger partial charge in [-0.25, -0.2) is 8.42 Å². The molecule has 22 heavy (non-hydrogen) atoms. The van der Waals surface area contributed by atoms with Crippen LogP contribution in [-0.2, 0) is 10.0 Å². The molecule has 0 radical (unpaired) electrons. The van der Waals surface area contributed by atoms with Gasteiger partial charge in [-0.1, -0.05) is 36.0 Å². The summed E-state index contributed by atoms with van der Waals surface area (Å²) >= 11 is 12.1. The monoisotopic (exact) mass is 367 g/mol. The Morgan fingerprint density at radius 1 is 1.23 bits per heavy atom. The standard InChI is InChI=1S/C14H19Cl2NO4S/c1-17(9-5-3-4-6-10(9)18)22(19,20)12-8-7-11(21-2)13(15)14(12)16/h7-10,18H,3-6H2,1-2H3/t9-,10+/m1/s1. The molecule has 0 aliphatic heterocycles. The number of likely N-dealkylation sites (N-methyl/N-ethyl adjacent to an activating group) is 1. The lowest BCUT2D eigenvalue weighted by Gasteiger charge is -2.34. The number of sulfonamides is 1. The van der Waals surface area contributed by atoms with Crippen LogP contribution in [0.4, 0.5) is 0 Å². The van der Waals surface area contributed by atoms with Crippen molar-refractivity contribution in [3.8, 4) is 5.75 Å². The van der Waals surface area contributed by atoms with E-state index in [1.54, 1.807) is 0 Å². The minimum Gasteiger partial charge on any atom is -0.495 e. The van der Waals surface area contributed by atoms with E-state index in [9.17, 15) is 13.5 Å². The molecule has 1 aromatic rings. The number of nitrogens with zero attached hydrogens (tertiary/aromatic N) is 1. The van der Waals surface area contributed by atoms with Gasteiger partial charge in [0.25, 0.3) is 0 Å². The van der Waals surface area contributed by atoms with E-state index in [0.29, 0.717) is 18.6 Å². The van der Waals surface area contributed by atoms with Crippen molar-refractivity contribution in [3.05, 3.63) is 22.2 Å². The number of hydrogen-bond acceptors (Lipinski definition) is 4. The molecule has 0 aromatic heterocycles. The number of benzene rings is 1. The number of aliphatic hydroxyl groups excluding tert-OH is 1. The molecule has 0 bridgehead atoms. The van der Waals surface area contributed by atoms with Crippen molar-refractivity contribution >= 4 is 33.2 Å². The Bertz CT molecular complexity index is 650.